The third kappa shape index (κ3) is 4.29. The number of ether oxygens (including phenoxy) is 1. The Morgan fingerprint density at radius 3 is 2.79 bits per heavy atom. The number of nitrogens with one attached hydrogen (secondary N) is 2. The molecule has 0 atom stereocenters. The minimum Gasteiger partial charge on any atom is -0.497 e. The van der Waals surface area contributed by atoms with Crippen LogP contribution in [0.25, 0.3) is 0 Å². The van der Waals surface area contributed by atoms with Crippen molar-refractivity contribution in [1.82, 2.24) is 15.3 Å². The van der Waals surface area contributed by atoms with Crippen LogP contribution in [-0.4, -0.2) is 61.6 Å². The first-order valence-corrected chi connectivity index (χ1v) is 11.3. The minimum atomic E-state index is -0.349. The molecule has 2 aromatic heterocycles. The molecule has 4 heterocycles. The normalized spacial score (nSPS) is 15.6. The Hall–Kier alpha value is -3.98. The van der Waals surface area contributed by atoms with Crippen LogP contribution in [0.3, 0.4) is 0 Å². The molecular formula is C25H26N6O3. The van der Waals surface area contributed by atoms with Gasteiger partial charge in [-0.3, -0.25) is 19.5 Å². The summed E-state index contributed by atoms with van der Waals surface area (Å²) in [5.41, 5.74) is 3.37. The van der Waals surface area contributed by atoms with Gasteiger partial charge in [0.2, 0.25) is 0 Å². The van der Waals surface area contributed by atoms with E-state index in [2.05, 4.69) is 25.5 Å². The van der Waals surface area contributed by atoms with Crippen LogP contribution in [0.1, 0.15) is 26.4 Å². The number of aromatic nitrogens is 2. The highest BCUT2D eigenvalue weighted by atomic mass is 16.5. The Morgan fingerprint density at radius 1 is 1.12 bits per heavy atom. The first-order valence-electron chi connectivity index (χ1n) is 11.3. The van der Waals surface area contributed by atoms with Crippen molar-refractivity contribution in [3.8, 4) is 5.75 Å². The Kier molecular flexibility index (Phi) is 6.09. The molecule has 34 heavy (non-hydrogen) atoms. The summed E-state index contributed by atoms with van der Waals surface area (Å²) in [6.07, 6.45) is 4.07. The molecule has 0 saturated carbocycles. The number of piperazine rings is 1. The molecule has 0 spiro atoms. The Morgan fingerprint density at radius 2 is 1.97 bits per heavy atom. The van der Waals surface area contributed by atoms with Gasteiger partial charge in [-0.2, -0.15) is 0 Å². The summed E-state index contributed by atoms with van der Waals surface area (Å²) in [6.45, 7) is 3.97. The second kappa shape index (κ2) is 9.48. The monoisotopic (exact) mass is 458 g/mol. The molecule has 1 aromatic carbocycles. The number of amides is 2. The zero-order valence-electron chi connectivity index (χ0n) is 19.0. The molecule has 0 unspecified atom stereocenters. The smallest absolute Gasteiger partial charge is 0.274 e. The molecule has 9 nitrogen and oxygen atoms in total. The molecule has 0 radical (unpaired) electrons. The zero-order chi connectivity index (χ0) is 23.5. The Bertz CT molecular complexity index is 1220. The molecule has 2 aliphatic rings. The lowest BCUT2D eigenvalue weighted by Crippen LogP contribution is -2.43. The van der Waals surface area contributed by atoms with Gasteiger partial charge in [-0.15, -0.1) is 0 Å². The van der Waals surface area contributed by atoms with E-state index in [4.69, 9.17) is 4.74 Å². The highest BCUT2D eigenvalue weighted by molar-refractivity contribution is 6.09. The van der Waals surface area contributed by atoms with Gasteiger partial charge in [0.15, 0.2) is 0 Å². The molecule has 1 fully saturated rings. The maximum atomic E-state index is 13.2. The van der Waals surface area contributed by atoms with E-state index in [1.165, 1.54) is 0 Å². The molecular weight excluding hydrogens is 432 g/mol. The van der Waals surface area contributed by atoms with Crippen LogP contribution in [0.4, 0.5) is 17.2 Å². The highest BCUT2D eigenvalue weighted by Gasteiger charge is 2.27. The fraction of sp³-hybridized carbons (Fsp3) is 0.280. The molecule has 0 aliphatic carbocycles. The lowest BCUT2D eigenvalue weighted by molar-refractivity contribution is 0.0975. The van der Waals surface area contributed by atoms with Crippen molar-refractivity contribution in [2.24, 2.45) is 0 Å². The summed E-state index contributed by atoms with van der Waals surface area (Å²) in [7, 11) is 1.58. The Balaban J connectivity index is 1.37. The molecule has 5 rings (SSSR count). The number of hydrogen-bond acceptors (Lipinski definition) is 7. The number of carbonyl (C=O) groups is 2. The number of nitrogens with zero attached hydrogens (tertiary/aromatic N) is 4. The van der Waals surface area contributed by atoms with Gasteiger partial charge in [0.25, 0.3) is 11.8 Å². The number of pyridine rings is 2. The summed E-state index contributed by atoms with van der Waals surface area (Å²) >= 11 is 0. The van der Waals surface area contributed by atoms with Gasteiger partial charge >= 0.3 is 0 Å². The summed E-state index contributed by atoms with van der Waals surface area (Å²) in [5.74, 6) is 0.572. The second-order valence-corrected chi connectivity index (χ2v) is 8.19. The third-order valence-electron chi connectivity index (χ3n) is 6.14. The molecule has 2 aliphatic heterocycles. The van der Waals surface area contributed by atoms with E-state index in [-0.39, 0.29) is 17.5 Å². The quantitative estimate of drug-likeness (QED) is 0.605. The first-order chi connectivity index (χ1) is 16.6. The van der Waals surface area contributed by atoms with Crippen LogP contribution in [0.15, 0.2) is 54.9 Å². The van der Waals surface area contributed by atoms with Crippen LogP contribution >= 0.6 is 0 Å². The number of hydrogen-bond donors (Lipinski definition) is 2. The lowest BCUT2D eigenvalue weighted by Gasteiger charge is -2.30. The number of benzene rings is 1. The van der Waals surface area contributed by atoms with E-state index in [1.54, 1.807) is 48.7 Å². The van der Waals surface area contributed by atoms with Gasteiger partial charge in [-0.25, -0.2) is 4.98 Å². The van der Waals surface area contributed by atoms with Crippen molar-refractivity contribution in [3.05, 3.63) is 71.7 Å². The van der Waals surface area contributed by atoms with Crippen molar-refractivity contribution >= 4 is 29.0 Å². The fourth-order valence-corrected chi connectivity index (χ4v) is 4.35. The van der Waals surface area contributed by atoms with Gasteiger partial charge in [0.1, 0.15) is 17.3 Å². The van der Waals surface area contributed by atoms with Crippen molar-refractivity contribution in [3.63, 3.8) is 0 Å². The minimum absolute atomic E-state index is 0.154. The van der Waals surface area contributed by atoms with Crippen LogP contribution in [-0.2, 0) is 6.42 Å². The average molecular weight is 459 g/mol. The van der Waals surface area contributed by atoms with E-state index in [9.17, 15) is 9.59 Å². The van der Waals surface area contributed by atoms with E-state index < -0.39 is 0 Å². The summed E-state index contributed by atoms with van der Waals surface area (Å²) in [4.78, 5) is 38.8. The van der Waals surface area contributed by atoms with Gasteiger partial charge in [0, 0.05) is 44.5 Å². The summed E-state index contributed by atoms with van der Waals surface area (Å²) < 4.78 is 5.28. The van der Waals surface area contributed by atoms with Crippen molar-refractivity contribution in [2.45, 2.75) is 6.42 Å². The third-order valence-corrected chi connectivity index (χ3v) is 6.14. The van der Waals surface area contributed by atoms with Crippen LogP contribution in [0.5, 0.6) is 5.75 Å². The maximum Gasteiger partial charge on any atom is 0.274 e. The second-order valence-electron chi connectivity index (χ2n) is 8.19. The molecule has 174 valence electrons. The van der Waals surface area contributed by atoms with Crippen molar-refractivity contribution < 1.29 is 14.3 Å². The van der Waals surface area contributed by atoms with E-state index >= 15 is 0 Å². The summed E-state index contributed by atoms with van der Waals surface area (Å²) in [6, 6.07) is 12.6. The topological polar surface area (TPSA) is 99.7 Å². The summed E-state index contributed by atoms with van der Waals surface area (Å²) in [5, 5.41) is 6.28. The Labute approximate surface area is 197 Å². The van der Waals surface area contributed by atoms with Gasteiger partial charge in [-0.05, 0) is 42.3 Å². The van der Waals surface area contributed by atoms with Gasteiger partial charge in [0.05, 0.1) is 24.7 Å². The van der Waals surface area contributed by atoms with E-state index in [0.717, 1.165) is 37.4 Å². The number of carbonyl (C=O) groups excluding carboxylic acids is 2. The van der Waals surface area contributed by atoms with Gasteiger partial charge in [-0.1, -0.05) is 12.1 Å². The largest absolute Gasteiger partial charge is 0.497 e. The average Bonchev–Trinajstić information content (AvgIpc) is 2.89. The molecule has 0 bridgehead atoms. The van der Waals surface area contributed by atoms with E-state index in [0.29, 0.717) is 35.8 Å². The number of methoxy groups -OCH3 is 1. The standard InChI is InChI=1S/C25H26N6O3/c1-34-18-6-5-17-8-12-31(25(33)19(17)15-18)23-4-2-3-20(28-23)24(32)29-21-16-27-9-7-22(21)30-13-10-26-11-14-30/h2-7,9,15-16,26H,8,10-14H2,1H3,(H,29,32). The maximum absolute atomic E-state index is 13.2. The lowest BCUT2D eigenvalue weighted by atomic mass is 9.98. The molecule has 1 saturated heterocycles. The zero-order valence-corrected chi connectivity index (χ0v) is 19.0. The van der Waals surface area contributed by atoms with Gasteiger partial charge < -0.3 is 20.3 Å². The molecule has 2 N–H and O–H groups in total. The SMILES string of the molecule is COc1ccc2c(c1)C(=O)N(c1cccc(C(=O)Nc3cnccc3N3CCNCC3)n1)CC2. The van der Waals surface area contributed by atoms with Crippen LogP contribution in [0, 0.1) is 0 Å². The number of fused-ring (bicyclic) bond motifs is 1. The number of anilines is 3. The van der Waals surface area contributed by atoms with Crippen molar-refractivity contribution in [2.75, 3.05) is 55.0 Å². The predicted molar refractivity (Wildman–Crippen MR) is 130 cm³/mol. The van der Waals surface area contributed by atoms with E-state index in [1.807, 2.05) is 18.2 Å². The van der Waals surface area contributed by atoms with Crippen LogP contribution in [0.2, 0.25) is 0 Å². The number of rotatable bonds is 5. The van der Waals surface area contributed by atoms with Crippen LogP contribution < -0.4 is 25.2 Å². The fourth-order valence-electron chi connectivity index (χ4n) is 4.35. The first kappa shape index (κ1) is 21.8. The predicted octanol–water partition coefficient (Wildman–Crippen LogP) is 2.35. The molecule has 3 aromatic rings. The highest BCUT2D eigenvalue weighted by Crippen LogP contribution is 2.28. The van der Waals surface area contributed by atoms with Crippen molar-refractivity contribution in [1.29, 1.82) is 0 Å². The molecule has 2 amide bonds. The molecule has 9 heteroatoms.